The minimum atomic E-state index is -1.40. The number of aliphatic hydroxyl groups is 3. The molecule has 12 heteroatoms. The van der Waals surface area contributed by atoms with Crippen molar-refractivity contribution < 1.29 is 33.5 Å². The van der Waals surface area contributed by atoms with Crippen molar-refractivity contribution in [2.24, 2.45) is 5.92 Å². The third-order valence-electron chi connectivity index (χ3n) is 6.07. The highest BCUT2D eigenvalue weighted by molar-refractivity contribution is 7.99. The molecule has 3 aliphatic heterocycles. The number of fused-ring (bicyclic) bond motifs is 1. The number of alkyl halides is 1. The molecule has 190 valence electrons. The van der Waals surface area contributed by atoms with Crippen LogP contribution in [0.3, 0.4) is 0 Å². The number of aliphatic hydroxyl groups excluding tert-OH is 3. The molecule has 0 aromatic carbocycles. The first-order valence-electron chi connectivity index (χ1n) is 10.7. The highest BCUT2D eigenvalue weighted by Gasteiger charge is 2.49. The van der Waals surface area contributed by atoms with E-state index in [-0.39, 0.29) is 30.1 Å². The van der Waals surface area contributed by atoms with Crippen LogP contribution < -0.4 is 10.6 Å². The Morgan fingerprint density at radius 2 is 2.03 bits per heavy atom. The smallest absolute Gasteiger partial charge is 0.240 e. The van der Waals surface area contributed by atoms with Gasteiger partial charge >= 0.3 is 0 Å². The molecule has 3 rings (SSSR count). The van der Waals surface area contributed by atoms with E-state index in [4.69, 9.17) is 21.1 Å². The van der Waals surface area contributed by atoms with Crippen LogP contribution in [-0.4, -0.2) is 100 Å². The lowest BCUT2D eigenvalue weighted by atomic mass is 9.92. The van der Waals surface area contributed by atoms with Crippen molar-refractivity contribution >= 4 is 41.4 Å². The van der Waals surface area contributed by atoms with E-state index in [2.05, 4.69) is 17.2 Å². The van der Waals surface area contributed by atoms with Crippen LogP contribution in [0.4, 0.5) is 3.89 Å². The van der Waals surface area contributed by atoms with Gasteiger partial charge < -0.3 is 35.4 Å². The maximum atomic E-state index is 13.1. The van der Waals surface area contributed by atoms with Gasteiger partial charge in [-0.05, 0) is 25.2 Å². The van der Waals surface area contributed by atoms with Gasteiger partial charge in [-0.3, -0.25) is 4.79 Å². The number of allylic oxidation sites excluding steroid dienone is 2. The molecule has 1 amide bonds. The van der Waals surface area contributed by atoms with Gasteiger partial charge in [-0.2, -0.15) is 3.89 Å². The van der Waals surface area contributed by atoms with Crippen LogP contribution in [0.25, 0.3) is 0 Å². The number of thioether (sulfide) groups is 1. The summed E-state index contributed by atoms with van der Waals surface area (Å²) in [5.41, 5.74) is 0.359. The normalized spacial score (nSPS) is 38.0. The lowest BCUT2D eigenvalue weighted by Crippen LogP contribution is -2.65. The van der Waals surface area contributed by atoms with Crippen molar-refractivity contribution in [2.45, 2.75) is 66.8 Å². The standard InChI is InChI=1S/C20H31ClN2O6S.CH3FS/c1-4-10-5-6-28-17-11(7-10)8-22-13(17)19(27)23-12(9(2)21)18-15(25)14(24)16(26)20(29-18)30-3;1-3-2/h4-5,9,11-18,20,22,24-26H,1,6-8H2,2-3H3,(H,23,27);1H3/t9-,11-,12+,13-,14+,15?,16+,17+,18+,20?;/m0./s1. The van der Waals surface area contributed by atoms with Gasteiger partial charge in [0.05, 0.1) is 24.1 Å². The molecule has 0 aromatic heterocycles. The molecule has 33 heavy (non-hydrogen) atoms. The Morgan fingerprint density at radius 1 is 1.36 bits per heavy atom. The topological polar surface area (TPSA) is 120 Å². The SMILES string of the molecule is C=CC1=CCO[C@@H]2[C@H](CN[C@@H]2C(=O)N[C@H]([C@H](C)Cl)[C@H]2OC(SC)[C@H](O)[C@H](O)C2O)C1.CSF. The third kappa shape index (κ3) is 7.08. The van der Waals surface area contributed by atoms with E-state index in [1.807, 2.05) is 12.2 Å². The minimum Gasteiger partial charge on any atom is -0.388 e. The van der Waals surface area contributed by atoms with Crippen LogP contribution in [0.1, 0.15) is 13.3 Å². The molecule has 8 nitrogen and oxygen atoms in total. The van der Waals surface area contributed by atoms with Crippen molar-refractivity contribution in [1.82, 2.24) is 10.6 Å². The summed E-state index contributed by atoms with van der Waals surface area (Å²) in [5, 5.41) is 36.3. The van der Waals surface area contributed by atoms with Gasteiger partial charge in [0.2, 0.25) is 5.91 Å². The zero-order valence-corrected chi connectivity index (χ0v) is 21.3. The second-order valence-electron chi connectivity index (χ2n) is 8.17. The molecule has 3 aliphatic rings. The zero-order chi connectivity index (χ0) is 24.7. The number of amides is 1. The molecular formula is C21H34ClFN2O6S2. The Morgan fingerprint density at radius 3 is 2.61 bits per heavy atom. The van der Waals surface area contributed by atoms with E-state index in [0.717, 1.165) is 12.0 Å². The quantitative estimate of drug-likeness (QED) is 0.321. The van der Waals surface area contributed by atoms with Crippen LogP contribution in [0, 0.1) is 5.92 Å². The second-order valence-corrected chi connectivity index (χ2v) is 10.1. The number of ether oxygens (including phenoxy) is 2. The summed E-state index contributed by atoms with van der Waals surface area (Å²) in [6.45, 7) is 6.55. The van der Waals surface area contributed by atoms with E-state index in [1.54, 1.807) is 13.2 Å². The lowest BCUT2D eigenvalue weighted by Gasteiger charge is -2.44. The van der Waals surface area contributed by atoms with Crippen LogP contribution in [-0.2, 0) is 14.3 Å². The lowest BCUT2D eigenvalue weighted by molar-refractivity contribution is -0.205. The predicted molar refractivity (Wildman–Crippen MR) is 130 cm³/mol. The maximum absolute atomic E-state index is 13.1. The molecule has 10 atom stereocenters. The fourth-order valence-electron chi connectivity index (χ4n) is 4.34. The summed E-state index contributed by atoms with van der Waals surface area (Å²) in [6, 6.07) is -1.35. The number of rotatable bonds is 6. The van der Waals surface area contributed by atoms with E-state index in [0.29, 0.717) is 13.2 Å². The van der Waals surface area contributed by atoms with Gasteiger partial charge in [0.1, 0.15) is 35.9 Å². The molecule has 2 unspecified atom stereocenters. The average molecular weight is 529 g/mol. The number of hydrogen-bond donors (Lipinski definition) is 5. The number of nitrogens with one attached hydrogen (secondary N) is 2. The van der Waals surface area contributed by atoms with E-state index in [9.17, 15) is 24.0 Å². The molecule has 0 aromatic rings. The fraction of sp³-hybridized carbons (Fsp3) is 0.762. The Kier molecular flexibility index (Phi) is 11.9. The first kappa shape index (κ1) is 28.9. The minimum absolute atomic E-state index is 0.147. The molecule has 0 spiro atoms. The molecular weight excluding hydrogens is 495 g/mol. The first-order valence-corrected chi connectivity index (χ1v) is 13.5. The van der Waals surface area contributed by atoms with Crippen molar-refractivity contribution in [3.8, 4) is 0 Å². The third-order valence-corrected chi connectivity index (χ3v) is 7.19. The van der Waals surface area contributed by atoms with Crippen LogP contribution in [0.5, 0.6) is 0 Å². The van der Waals surface area contributed by atoms with Crippen LogP contribution >= 0.6 is 35.5 Å². The number of hydrogen-bond acceptors (Lipinski definition) is 9. The van der Waals surface area contributed by atoms with Gasteiger partial charge in [-0.15, -0.1) is 23.4 Å². The summed E-state index contributed by atoms with van der Waals surface area (Å²) in [4.78, 5) is 13.1. The Labute approximate surface area is 208 Å². The van der Waals surface area contributed by atoms with Crippen molar-refractivity contribution in [3.05, 3.63) is 24.3 Å². The summed E-state index contributed by atoms with van der Waals surface area (Å²) in [6.07, 6.45) is 2.36. The van der Waals surface area contributed by atoms with Crippen LogP contribution in [0.2, 0.25) is 0 Å². The molecule has 2 saturated heterocycles. The highest BCUT2D eigenvalue weighted by Crippen LogP contribution is 2.31. The van der Waals surface area contributed by atoms with Crippen LogP contribution in [0.15, 0.2) is 24.3 Å². The molecule has 2 fully saturated rings. The Hall–Kier alpha value is -0.370. The number of carbonyl (C=O) groups is 1. The van der Waals surface area contributed by atoms with E-state index >= 15 is 0 Å². The fourth-order valence-corrected chi connectivity index (χ4v) is 5.23. The van der Waals surface area contributed by atoms with Crippen molar-refractivity contribution in [2.75, 3.05) is 25.7 Å². The Balaban J connectivity index is 0.00000122. The monoisotopic (exact) mass is 528 g/mol. The van der Waals surface area contributed by atoms with Gasteiger partial charge in [0.25, 0.3) is 0 Å². The van der Waals surface area contributed by atoms with E-state index < -0.39 is 47.3 Å². The molecule has 0 radical (unpaired) electrons. The first-order chi connectivity index (χ1) is 15.7. The largest absolute Gasteiger partial charge is 0.388 e. The highest BCUT2D eigenvalue weighted by atomic mass is 35.5. The predicted octanol–water partition coefficient (Wildman–Crippen LogP) is 0.992. The summed E-state index contributed by atoms with van der Waals surface area (Å²) in [7, 11) is 0. The van der Waals surface area contributed by atoms with Gasteiger partial charge in [0.15, 0.2) is 0 Å². The summed E-state index contributed by atoms with van der Waals surface area (Å²) >= 11 is 7.80. The molecule has 3 heterocycles. The molecule has 0 aliphatic carbocycles. The van der Waals surface area contributed by atoms with Crippen molar-refractivity contribution in [1.29, 1.82) is 0 Å². The van der Waals surface area contributed by atoms with Crippen molar-refractivity contribution in [3.63, 3.8) is 0 Å². The van der Waals surface area contributed by atoms with Gasteiger partial charge in [-0.1, -0.05) is 18.7 Å². The molecule has 5 N–H and O–H groups in total. The maximum Gasteiger partial charge on any atom is 0.240 e. The van der Waals surface area contributed by atoms with E-state index in [1.165, 1.54) is 18.0 Å². The number of carbonyl (C=O) groups excluding carboxylic acids is 1. The van der Waals surface area contributed by atoms with Gasteiger partial charge in [0, 0.05) is 30.9 Å². The number of halogens is 2. The van der Waals surface area contributed by atoms with Gasteiger partial charge in [-0.25, -0.2) is 0 Å². The average Bonchev–Trinajstić information content (AvgIpc) is 3.07. The summed E-state index contributed by atoms with van der Waals surface area (Å²) < 4.78 is 21.9. The molecule has 0 bridgehead atoms. The zero-order valence-electron chi connectivity index (χ0n) is 18.9. The Bertz CT molecular complexity index is 689. The second kappa shape index (κ2) is 13.6. The summed E-state index contributed by atoms with van der Waals surface area (Å²) in [5.74, 6) is -0.159. The molecule has 0 saturated carbocycles.